The van der Waals surface area contributed by atoms with Gasteiger partial charge in [0.25, 0.3) is 11.6 Å². The molecule has 116 valence electrons. The van der Waals surface area contributed by atoms with E-state index in [1.54, 1.807) is 13.0 Å². The summed E-state index contributed by atoms with van der Waals surface area (Å²) in [5.74, 6) is -1.11. The summed E-state index contributed by atoms with van der Waals surface area (Å²) in [5.41, 5.74) is -0.0408. The van der Waals surface area contributed by atoms with Crippen LogP contribution in [0, 0.1) is 22.9 Å². The number of hydrogen-bond acceptors (Lipinski definition) is 5. The summed E-state index contributed by atoms with van der Waals surface area (Å²) >= 11 is 0.992. The zero-order valence-corrected chi connectivity index (χ0v) is 12.4. The molecule has 0 aliphatic heterocycles. The van der Waals surface area contributed by atoms with E-state index >= 15 is 0 Å². The minimum atomic E-state index is -1.19. The van der Waals surface area contributed by atoms with E-state index in [4.69, 9.17) is 0 Å². The number of aliphatic hydroxyl groups excluding tert-OH is 1. The summed E-state index contributed by atoms with van der Waals surface area (Å²) in [6, 6.07) is 6.90. The Bertz CT molecular complexity index is 717. The Kier molecular flexibility index (Phi) is 4.84. The lowest BCUT2D eigenvalue weighted by Crippen LogP contribution is -2.28. The molecule has 1 aromatic heterocycles. The van der Waals surface area contributed by atoms with Crippen molar-refractivity contribution in [1.29, 1.82) is 0 Å². The van der Waals surface area contributed by atoms with Gasteiger partial charge in [0.1, 0.15) is 5.82 Å². The van der Waals surface area contributed by atoms with Crippen LogP contribution in [-0.2, 0) is 0 Å². The Labute approximate surface area is 129 Å². The van der Waals surface area contributed by atoms with Crippen LogP contribution in [0.25, 0.3) is 0 Å². The number of aliphatic hydroxyl groups is 1. The number of carbonyl (C=O) groups excluding carboxylic acids is 1. The number of aryl methyl sites for hydroxylation is 1. The topological polar surface area (TPSA) is 92.5 Å². The lowest BCUT2D eigenvalue weighted by Gasteiger charge is -2.12. The average molecular weight is 324 g/mol. The molecule has 1 aromatic carbocycles. The summed E-state index contributed by atoms with van der Waals surface area (Å²) < 4.78 is 13.5. The van der Waals surface area contributed by atoms with Crippen molar-refractivity contribution in [1.82, 2.24) is 5.32 Å². The maximum Gasteiger partial charge on any atom is 0.283 e. The minimum Gasteiger partial charge on any atom is -0.386 e. The molecule has 1 heterocycles. The van der Waals surface area contributed by atoms with Gasteiger partial charge in [-0.05, 0) is 13.0 Å². The van der Waals surface area contributed by atoms with E-state index in [-0.39, 0.29) is 22.7 Å². The van der Waals surface area contributed by atoms with Crippen molar-refractivity contribution in [2.24, 2.45) is 0 Å². The number of amides is 1. The van der Waals surface area contributed by atoms with Crippen LogP contribution in [0.15, 0.2) is 30.3 Å². The van der Waals surface area contributed by atoms with E-state index in [0.29, 0.717) is 4.88 Å². The van der Waals surface area contributed by atoms with Crippen molar-refractivity contribution in [2.45, 2.75) is 13.0 Å². The maximum absolute atomic E-state index is 13.5. The van der Waals surface area contributed by atoms with E-state index in [9.17, 15) is 24.4 Å². The number of benzene rings is 1. The van der Waals surface area contributed by atoms with Gasteiger partial charge in [-0.2, -0.15) is 0 Å². The van der Waals surface area contributed by atoms with E-state index in [0.717, 1.165) is 11.3 Å². The van der Waals surface area contributed by atoms with Crippen molar-refractivity contribution in [3.8, 4) is 0 Å². The highest BCUT2D eigenvalue weighted by atomic mass is 32.1. The third kappa shape index (κ3) is 3.46. The Morgan fingerprint density at radius 2 is 2.18 bits per heavy atom. The summed E-state index contributed by atoms with van der Waals surface area (Å²) in [7, 11) is 0. The van der Waals surface area contributed by atoms with Crippen LogP contribution < -0.4 is 5.32 Å². The fourth-order valence-electron chi connectivity index (χ4n) is 1.90. The number of nitro groups is 1. The fraction of sp³-hybridized carbons (Fsp3) is 0.214. The first-order chi connectivity index (χ1) is 10.4. The smallest absolute Gasteiger partial charge is 0.283 e. The standard InChI is InChI=1S/C14H13FN2O4S/c1-8-11(17(20)21)6-13(22-8)14(19)16-7-12(18)9-4-2-3-5-10(9)15/h2-6,12,18H,7H2,1H3,(H,16,19)/t12-/m0/s1. The quantitative estimate of drug-likeness (QED) is 0.653. The van der Waals surface area contributed by atoms with Crippen LogP contribution in [0.5, 0.6) is 0 Å². The fourth-order valence-corrected chi connectivity index (χ4v) is 2.80. The van der Waals surface area contributed by atoms with Crippen molar-refractivity contribution in [3.05, 3.63) is 61.6 Å². The van der Waals surface area contributed by atoms with Crippen molar-refractivity contribution in [2.75, 3.05) is 6.54 Å². The van der Waals surface area contributed by atoms with Crippen molar-refractivity contribution >= 4 is 22.9 Å². The Morgan fingerprint density at radius 1 is 1.50 bits per heavy atom. The van der Waals surface area contributed by atoms with Gasteiger partial charge in [0, 0.05) is 18.2 Å². The second-order valence-corrected chi connectivity index (χ2v) is 5.81. The first-order valence-corrected chi connectivity index (χ1v) is 7.17. The molecule has 0 saturated carbocycles. The zero-order valence-electron chi connectivity index (χ0n) is 11.6. The number of halogens is 1. The van der Waals surface area contributed by atoms with Gasteiger partial charge in [-0.3, -0.25) is 14.9 Å². The number of carbonyl (C=O) groups is 1. The van der Waals surface area contributed by atoms with Crippen LogP contribution >= 0.6 is 11.3 Å². The summed E-state index contributed by atoms with van der Waals surface area (Å²) in [6.45, 7) is 1.36. The lowest BCUT2D eigenvalue weighted by molar-refractivity contribution is -0.385. The number of rotatable bonds is 5. The van der Waals surface area contributed by atoms with E-state index in [1.807, 2.05) is 0 Å². The Hall–Kier alpha value is -2.32. The second-order valence-electron chi connectivity index (χ2n) is 4.56. The second kappa shape index (κ2) is 6.63. The first-order valence-electron chi connectivity index (χ1n) is 6.35. The molecule has 0 radical (unpaired) electrons. The van der Waals surface area contributed by atoms with Crippen molar-refractivity contribution < 1.29 is 19.2 Å². The highest BCUT2D eigenvalue weighted by molar-refractivity contribution is 7.14. The van der Waals surface area contributed by atoms with Crippen LogP contribution in [0.4, 0.5) is 10.1 Å². The minimum absolute atomic E-state index is 0.0798. The van der Waals surface area contributed by atoms with Gasteiger partial charge in [-0.15, -0.1) is 11.3 Å². The number of nitrogens with one attached hydrogen (secondary N) is 1. The van der Waals surface area contributed by atoms with E-state index in [1.165, 1.54) is 24.3 Å². The number of hydrogen-bond donors (Lipinski definition) is 2. The van der Waals surface area contributed by atoms with Crippen LogP contribution in [-0.4, -0.2) is 22.5 Å². The number of thiophene rings is 1. The summed E-state index contributed by atoms with van der Waals surface area (Å²) in [6.07, 6.45) is -1.19. The van der Waals surface area contributed by atoms with Gasteiger partial charge in [0.2, 0.25) is 0 Å². The molecule has 0 saturated heterocycles. The molecule has 0 bridgehead atoms. The monoisotopic (exact) mass is 324 g/mol. The Balaban J connectivity index is 2.02. The third-order valence-electron chi connectivity index (χ3n) is 3.03. The molecule has 2 N–H and O–H groups in total. The van der Waals surface area contributed by atoms with Gasteiger partial charge in [-0.25, -0.2) is 4.39 Å². The molecule has 1 atom stereocenters. The predicted molar refractivity (Wildman–Crippen MR) is 79.4 cm³/mol. The van der Waals surface area contributed by atoms with Gasteiger partial charge in [0.15, 0.2) is 0 Å². The molecule has 2 aromatic rings. The molecular weight excluding hydrogens is 311 g/mol. The van der Waals surface area contributed by atoms with Gasteiger partial charge in [-0.1, -0.05) is 18.2 Å². The van der Waals surface area contributed by atoms with Crippen LogP contribution in [0.3, 0.4) is 0 Å². The van der Waals surface area contributed by atoms with Crippen LogP contribution in [0.1, 0.15) is 26.2 Å². The molecule has 6 nitrogen and oxygen atoms in total. The molecular formula is C14H13FN2O4S. The van der Waals surface area contributed by atoms with Crippen LogP contribution in [0.2, 0.25) is 0 Å². The van der Waals surface area contributed by atoms with E-state index < -0.39 is 22.8 Å². The molecule has 8 heteroatoms. The molecule has 22 heavy (non-hydrogen) atoms. The summed E-state index contributed by atoms with van der Waals surface area (Å²) in [4.78, 5) is 22.7. The van der Waals surface area contributed by atoms with Crippen molar-refractivity contribution in [3.63, 3.8) is 0 Å². The molecule has 0 aliphatic carbocycles. The van der Waals surface area contributed by atoms with Gasteiger partial charge in [0.05, 0.1) is 20.8 Å². The molecule has 0 aliphatic rings. The van der Waals surface area contributed by atoms with Gasteiger partial charge < -0.3 is 10.4 Å². The highest BCUT2D eigenvalue weighted by Crippen LogP contribution is 2.28. The highest BCUT2D eigenvalue weighted by Gasteiger charge is 2.20. The van der Waals surface area contributed by atoms with E-state index in [2.05, 4.69) is 5.32 Å². The molecule has 0 spiro atoms. The lowest BCUT2D eigenvalue weighted by atomic mass is 10.1. The number of nitrogens with zero attached hydrogens (tertiary/aromatic N) is 1. The largest absolute Gasteiger partial charge is 0.386 e. The normalized spacial score (nSPS) is 12.0. The maximum atomic E-state index is 13.5. The average Bonchev–Trinajstić information content (AvgIpc) is 2.87. The molecule has 1 amide bonds. The SMILES string of the molecule is Cc1sc(C(=O)NC[C@H](O)c2ccccc2F)cc1[N+](=O)[O-]. The third-order valence-corrected chi connectivity index (χ3v) is 4.07. The Morgan fingerprint density at radius 3 is 2.77 bits per heavy atom. The molecule has 0 fully saturated rings. The predicted octanol–water partition coefficient (Wildman–Crippen LogP) is 2.57. The molecule has 0 unspecified atom stereocenters. The van der Waals surface area contributed by atoms with Gasteiger partial charge >= 0.3 is 0 Å². The zero-order chi connectivity index (χ0) is 16.3. The molecule has 2 rings (SSSR count). The first kappa shape index (κ1) is 16.1. The summed E-state index contributed by atoms with van der Waals surface area (Å²) in [5, 5.41) is 23.1.